The van der Waals surface area contributed by atoms with E-state index >= 15 is 0 Å². The second-order valence-corrected chi connectivity index (χ2v) is 10.0. The molecule has 1 amide bonds. The topological polar surface area (TPSA) is 92.4 Å². The van der Waals surface area contributed by atoms with Gasteiger partial charge in [-0.05, 0) is 11.8 Å². The number of carboxylic acid groups (broad SMARTS) is 1. The molecule has 2 unspecified atom stereocenters. The van der Waals surface area contributed by atoms with Gasteiger partial charge in [0.1, 0.15) is 0 Å². The standard InChI is InChI=1S/C25H50N2O3/c1-5-6-7-8-9-10-11-12-13-14-15-16-17-18-19-21(20-22(28)29)23(30)27-24(26)25(2,3)4/h21,24H,5-20,26H2,1-4H3,(H,27,30)(H,28,29). The molecule has 0 rings (SSSR count). The Balaban J connectivity index is 3.82. The third-order valence-corrected chi connectivity index (χ3v) is 5.93. The minimum atomic E-state index is -0.926. The van der Waals surface area contributed by atoms with Crippen LogP contribution in [0.2, 0.25) is 0 Å². The Hall–Kier alpha value is -1.10. The van der Waals surface area contributed by atoms with Gasteiger partial charge in [0.2, 0.25) is 5.91 Å². The highest BCUT2D eigenvalue weighted by atomic mass is 16.4. The first-order chi connectivity index (χ1) is 14.2. The van der Waals surface area contributed by atoms with Crippen molar-refractivity contribution in [3.8, 4) is 0 Å². The number of aliphatic carboxylic acids is 1. The lowest BCUT2D eigenvalue weighted by Gasteiger charge is -2.29. The van der Waals surface area contributed by atoms with E-state index in [1.54, 1.807) is 0 Å². The molecule has 0 aliphatic rings. The number of hydrogen-bond acceptors (Lipinski definition) is 3. The van der Waals surface area contributed by atoms with Crippen molar-refractivity contribution >= 4 is 11.9 Å². The third-order valence-electron chi connectivity index (χ3n) is 5.93. The average molecular weight is 427 g/mol. The normalized spacial score (nSPS) is 13.8. The Morgan fingerprint density at radius 1 is 0.800 bits per heavy atom. The van der Waals surface area contributed by atoms with Crippen molar-refractivity contribution in [3.63, 3.8) is 0 Å². The zero-order valence-corrected chi connectivity index (χ0v) is 20.3. The number of carboxylic acids is 1. The molecule has 0 aromatic rings. The van der Waals surface area contributed by atoms with E-state index in [0.29, 0.717) is 6.42 Å². The third kappa shape index (κ3) is 16.7. The molecule has 0 aromatic heterocycles. The van der Waals surface area contributed by atoms with E-state index in [1.807, 2.05) is 20.8 Å². The molecular formula is C25H50N2O3. The molecule has 0 aliphatic carbocycles. The van der Waals surface area contributed by atoms with E-state index in [4.69, 9.17) is 10.8 Å². The Morgan fingerprint density at radius 2 is 1.20 bits per heavy atom. The first-order valence-electron chi connectivity index (χ1n) is 12.5. The first-order valence-corrected chi connectivity index (χ1v) is 12.5. The molecule has 2 atom stereocenters. The largest absolute Gasteiger partial charge is 0.481 e. The Morgan fingerprint density at radius 3 is 1.57 bits per heavy atom. The van der Waals surface area contributed by atoms with Crippen LogP contribution in [0.3, 0.4) is 0 Å². The smallest absolute Gasteiger partial charge is 0.304 e. The summed E-state index contributed by atoms with van der Waals surface area (Å²) in [5, 5.41) is 11.9. The predicted octanol–water partition coefficient (Wildman–Crippen LogP) is 6.40. The van der Waals surface area contributed by atoms with Crippen molar-refractivity contribution < 1.29 is 14.7 Å². The van der Waals surface area contributed by atoms with Gasteiger partial charge < -0.3 is 16.2 Å². The van der Waals surface area contributed by atoms with Gasteiger partial charge in [0.05, 0.1) is 12.6 Å². The number of unbranched alkanes of at least 4 members (excludes halogenated alkanes) is 13. The summed E-state index contributed by atoms with van der Waals surface area (Å²) in [7, 11) is 0. The van der Waals surface area contributed by atoms with Crippen molar-refractivity contribution in [3.05, 3.63) is 0 Å². The molecule has 0 bridgehead atoms. The fourth-order valence-electron chi connectivity index (χ4n) is 3.61. The summed E-state index contributed by atoms with van der Waals surface area (Å²) in [5.74, 6) is -1.65. The van der Waals surface area contributed by atoms with E-state index in [0.717, 1.165) is 12.8 Å². The quantitative estimate of drug-likeness (QED) is 0.165. The number of rotatable bonds is 19. The van der Waals surface area contributed by atoms with E-state index in [-0.39, 0.29) is 17.7 Å². The number of nitrogens with two attached hydrogens (primary N) is 1. The number of carbonyl (C=O) groups is 2. The lowest BCUT2D eigenvalue weighted by atomic mass is 9.91. The van der Waals surface area contributed by atoms with E-state index in [1.165, 1.54) is 77.0 Å². The zero-order chi connectivity index (χ0) is 22.8. The molecule has 0 aliphatic heterocycles. The maximum Gasteiger partial charge on any atom is 0.304 e. The van der Waals surface area contributed by atoms with Crippen LogP contribution in [0, 0.1) is 11.3 Å². The average Bonchev–Trinajstić information content (AvgIpc) is 2.66. The molecule has 0 aromatic carbocycles. The van der Waals surface area contributed by atoms with Gasteiger partial charge in [0, 0.05) is 5.92 Å². The van der Waals surface area contributed by atoms with E-state index in [9.17, 15) is 9.59 Å². The summed E-state index contributed by atoms with van der Waals surface area (Å²) in [6.45, 7) is 8.13. The summed E-state index contributed by atoms with van der Waals surface area (Å²) >= 11 is 0. The van der Waals surface area contributed by atoms with Gasteiger partial charge in [-0.15, -0.1) is 0 Å². The summed E-state index contributed by atoms with van der Waals surface area (Å²) in [5.41, 5.74) is 5.77. The van der Waals surface area contributed by atoms with Gasteiger partial charge in [-0.2, -0.15) is 0 Å². The molecule has 0 heterocycles. The number of hydrogen-bond donors (Lipinski definition) is 3. The van der Waals surface area contributed by atoms with Crippen LogP contribution in [0.25, 0.3) is 0 Å². The highest BCUT2D eigenvalue weighted by Gasteiger charge is 2.27. The van der Waals surface area contributed by atoms with Crippen LogP contribution in [0.1, 0.15) is 130 Å². The molecule has 5 heteroatoms. The van der Waals surface area contributed by atoms with Crippen molar-refractivity contribution in [1.82, 2.24) is 5.32 Å². The van der Waals surface area contributed by atoms with E-state index < -0.39 is 18.1 Å². The fourth-order valence-corrected chi connectivity index (χ4v) is 3.61. The predicted molar refractivity (Wildman–Crippen MR) is 126 cm³/mol. The van der Waals surface area contributed by atoms with Crippen molar-refractivity contribution in [2.75, 3.05) is 0 Å². The van der Waals surface area contributed by atoms with Gasteiger partial charge in [0.15, 0.2) is 0 Å². The Labute approximate surface area is 186 Å². The summed E-state index contributed by atoms with van der Waals surface area (Å²) < 4.78 is 0. The SMILES string of the molecule is CCCCCCCCCCCCCCCCC(CC(=O)O)C(=O)NC(N)C(C)(C)C. The minimum absolute atomic E-state index is 0.124. The molecule has 4 N–H and O–H groups in total. The van der Waals surface area contributed by atoms with Crippen LogP contribution < -0.4 is 11.1 Å². The van der Waals surface area contributed by atoms with Gasteiger partial charge in [-0.3, -0.25) is 9.59 Å². The number of carbonyl (C=O) groups excluding carboxylic acids is 1. The summed E-state index contributed by atoms with van der Waals surface area (Å²) in [6.07, 6.45) is 18.0. The minimum Gasteiger partial charge on any atom is -0.481 e. The Kier molecular flexibility index (Phi) is 16.9. The number of amides is 1. The Bertz CT molecular complexity index is 446. The van der Waals surface area contributed by atoms with Crippen LogP contribution in [0.15, 0.2) is 0 Å². The zero-order valence-electron chi connectivity index (χ0n) is 20.3. The fraction of sp³-hybridized carbons (Fsp3) is 0.920. The highest BCUT2D eigenvalue weighted by molar-refractivity contribution is 5.83. The molecule has 30 heavy (non-hydrogen) atoms. The van der Waals surface area contributed by atoms with E-state index in [2.05, 4.69) is 12.2 Å². The second kappa shape index (κ2) is 17.6. The summed E-state index contributed by atoms with van der Waals surface area (Å²) in [4.78, 5) is 23.6. The second-order valence-electron chi connectivity index (χ2n) is 10.0. The molecule has 0 fully saturated rings. The maximum absolute atomic E-state index is 12.4. The maximum atomic E-state index is 12.4. The molecule has 5 nitrogen and oxygen atoms in total. The van der Waals surface area contributed by atoms with Crippen LogP contribution in [0.5, 0.6) is 0 Å². The monoisotopic (exact) mass is 426 g/mol. The van der Waals surface area contributed by atoms with Crippen LogP contribution >= 0.6 is 0 Å². The number of nitrogens with one attached hydrogen (secondary N) is 1. The lowest BCUT2D eigenvalue weighted by molar-refractivity contribution is -0.141. The van der Waals surface area contributed by atoms with Crippen LogP contribution in [0.4, 0.5) is 0 Å². The molecule has 0 saturated heterocycles. The lowest BCUT2D eigenvalue weighted by Crippen LogP contribution is -2.51. The molecule has 178 valence electrons. The molecular weight excluding hydrogens is 376 g/mol. The first kappa shape index (κ1) is 28.9. The van der Waals surface area contributed by atoms with Crippen molar-refractivity contribution in [1.29, 1.82) is 0 Å². The van der Waals surface area contributed by atoms with Crippen molar-refractivity contribution in [2.45, 2.75) is 137 Å². The molecule has 0 radical (unpaired) electrons. The van der Waals surface area contributed by atoms with Crippen LogP contribution in [-0.4, -0.2) is 23.1 Å². The van der Waals surface area contributed by atoms with Gasteiger partial charge in [-0.1, -0.05) is 118 Å². The van der Waals surface area contributed by atoms with Gasteiger partial charge >= 0.3 is 5.97 Å². The molecule has 0 spiro atoms. The molecule has 0 saturated carbocycles. The van der Waals surface area contributed by atoms with Crippen LogP contribution in [-0.2, 0) is 9.59 Å². The van der Waals surface area contributed by atoms with Crippen molar-refractivity contribution in [2.24, 2.45) is 17.1 Å². The van der Waals surface area contributed by atoms with Gasteiger partial charge in [0.25, 0.3) is 0 Å². The summed E-state index contributed by atoms with van der Waals surface area (Å²) in [6, 6.07) is 0. The van der Waals surface area contributed by atoms with Gasteiger partial charge in [-0.25, -0.2) is 0 Å². The highest BCUT2D eigenvalue weighted by Crippen LogP contribution is 2.19.